The van der Waals surface area contributed by atoms with Gasteiger partial charge in [-0.3, -0.25) is 14.3 Å². The van der Waals surface area contributed by atoms with E-state index in [4.69, 9.17) is 0 Å². The lowest BCUT2D eigenvalue weighted by Crippen LogP contribution is -2.34. The molecule has 0 saturated heterocycles. The highest BCUT2D eigenvalue weighted by molar-refractivity contribution is 9.10. The summed E-state index contributed by atoms with van der Waals surface area (Å²) in [6, 6.07) is 12.4. The zero-order valence-electron chi connectivity index (χ0n) is 24.1. The van der Waals surface area contributed by atoms with Crippen LogP contribution in [0.1, 0.15) is 69.5 Å². The van der Waals surface area contributed by atoms with Crippen molar-refractivity contribution in [1.29, 1.82) is 0 Å². The first-order valence-corrected chi connectivity index (χ1v) is 14.7. The van der Waals surface area contributed by atoms with Crippen LogP contribution >= 0.6 is 15.9 Å². The first-order valence-electron chi connectivity index (χ1n) is 13.9. The molecule has 2 N–H and O–H groups in total. The number of aryl methyl sites for hydroxylation is 1. The first kappa shape index (κ1) is 32.2. The van der Waals surface area contributed by atoms with Gasteiger partial charge in [0.2, 0.25) is 0 Å². The third-order valence-corrected chi connectivity index (χ3v) is 7.64. The van der Waals surface area contributed by atoms with Crippen LogP contribution in [0.4, 0.5) is 18.9 Å². The van der Waals surface area contributed by atoms with Gasteiger partial charge in [0.25, 0.3) is 11.8 Å². The van der Waals surface area contributed by atoms with E-state index in [-0.39, 0.29) is 35.5 Å². The van der Waals surface area contributed by atoms with Crippen LogP contribution in [0.2, 0.25) is 0 Å². The van der Waals surface area contributed by atoms with Crippen molar-refractivity contribution in [2.45, 2.75) is 52.8 Å². The molecular formula is C31H33BrF3N5O3. The lowest BCUT2D eigenvalue weighted by molar-refractivity contribution is -0.141. The number of unbranched alkanes of at least 4 members (excludes halogenated alkanes) is 2. The van der Waals surface area contributed by atoms with Crippen LogP contribution in [0.3, 0.4) is 0 Å². The fourth-order valence-electron chi connectivity index (χ4n) is 4.84. The van der Waals surface area contributed by atoms with Crippen molar-refractivity contribution in [3.05, 3.63) is 86.8 Å². The van der Waals surface area contributed by atoms with Gasteiger partial charge in [0.1, 0.15) is 5.69 Å². The molecule has 228 valence electrons. The molecule has 0 atom stereocenters. The summed E-state index contributed by atoms with van der Waals surface area (Å²) in [4.78, 5) is 31.7. The molecule has 2 aromatic heterocycles. The minimum atomic E-state index is -4.72. The third kappa shape index (κ3) is 7.61. The molecule has 0 fully saturated rings. The van der Waals surface area contributed by atoms with Gasteiger partial charge in [0.05, 0.1) is 41.3 Å². The van der Waals surface area contributed by atoms with Gasteiger partial charge in [-0.2, -0.15) is 18.3 Å². The van der Waals surface area contributed by atoms with Crippen molar-refractivity contribution in [3.8, 4) is 0 Å². The molecule has 0 aliphatic rings. The molecule has 2 heterocycles. The molecule has 0 spiro atoms. The fraction of sp³-hybridized carbons (Fsp3) is 0.355. The molecule has 4 rings (SSSR count). The summed E-state index contributed by atoms with van der Waals surface area (Å²) in [5, 5.41) is 17.0. The van der Waals surface area contributed by atoms with E-state index in [1.807, 2.05) is 12.1 Å². The molecule has 4 aromatic rings. The Labute approximate surface area is 256 Å². The number of aliphatic hydroxyl groups excluding tert-OH is 1. The maximum absolute atomic E-state index is 13.6. The second-order valence-corrected chi connectivity index (χ2v) is 11.2. The highest BCUT2D eigenvalue weighted by Gasteiger charge is 2.34. The Morgan fingerprint density at radius 1 is 1.05 bits per heavy atom. The second-order valence-electron chi connectivity index (χ2n) is 10.3. The van der Waals surface area contributed by atoms with Gasteiger partial charge in [-0.05, 0) is 62.2 Å². The molecule has 2 aromatic carbocycles. The Morgan fingerprint density at radius 2 is 1.77 bits per heavy atom. The van der Waals surface area contributed by atoms with Gasteiger partial charge in [-0.15, -0.1) is 0 Å². The highest BCUT2D eigenvalue weighted by atomic mass is 79.9. The van der Waals surface area contributed by atoms with Crippen LogP contribution < -0.4 is 5.32 Å². The lowest BCUT2D eigenvalue weighted by atomic mass is 10.1. The number of aromatic nitrogens is 3. The van der Waals surface area contributed by atoms with Gasteiger partial charge < -0.3 is 15.3 Å². The first-order chi connectivity index (χ1) is 20.4. The van der Waals surface area contributed by atoms with Crippen LogP contribution in [0, 0.1) is 13.8 Å². The molecule has 0 bridgehead atoms. The van der Waals surface area contributed by atoms with E-state index in [0.717, 1.165) is 30.9 Å². The van der Waals surface area contributed by atoms with E-state index in [1.165, 1.54) is 6.07 Å². The number of benzene rings is 2. The standard InChI is InChI=1S/C31H33BrF3N5O3/c1-4-5-6-13-39(14-15-41)30(43)22-9-7-21(8-10-22)18-40-20(3)28(19(2)38-40)37-29(42)25-17-27(31(33,34)35)36-26-12-11-23(32)16-24(25)26/h7-12,16-17,41H,4-6,13-15,18H2,1-3H3,(H,37,42). The molecule has 2 amide bonds. The van der Waals surface area contributed by atoms with Gasteiger partial charge >= 0.3 is 6.18 Å². The van der Waals surface area contributed by atoms with E-state index in [0.29, 0.717) is 40.2 Å². The van der Waals surface area contributed by atoms with Crippen LogP contribution in [0.25, 0.3) is 10.9 Å². The molecular weight excluding hydrogens is 627 g/mol. The van der Waals surface area contributed by atoms with Crippen molar-refractivity contribution in [2.24, 2.45) is 0 Å². The third-order valence-electron chi connectivity index (χ3n) is 7.15. The SMILES string of the molecule is CCCCCN(CCO)C(=O)c1ccc(Cn2nc(C)c(NC(=O)c3cc(C(F)(F)F)nc4ccc(Br)cc34)c2C)cc1. The van der Waals surface area contributed by atoms with Crippen molar-refractivity contribution in [3.63, 3.8) is 0 Å². The van der Waals surface area contributed by atoms with Gasteiger partial charge in [-0.1, -0.05) is 47.8 Å². The zero-order chi connectivity index (χ0) is 31.3. The number of hydrogen-bond donors (Lipinski definition) is 2. The van der Waals surface area contributed by atoms with E-state index >= 15 is 0 Å². The normalized spacial score (nSPS) is 11.6. The average Bonchev–Trinajstić information content (AvgIpc) is 3.22. The number of amides is 2. The molecule has 0 unspecified atom stereocenters. The summed E-state index contributed by atoms with van der Waals surface area (Å²) in [6.07, 6.45) is -1.81. The Morgan fingerprint density at radius 3 is 2.42 bits per heavy atom. The van der Waals surface area contributed by atoms with Crippen molar-refractivity contribution < 1.29 is 27.9 Å². The van der Waals surface area contributed by atoms with E-state index in [9.17, 15) is 27.9 Å². The van der Waals surface area contributed by atoms with Crippen LogP contribution in [0.5, 0.6) is 0 Å². The van der Waals surface area contributed by atoms with Gasteiger partial charge in [0.15, 0.2) is 0 Å². The van der Waals surface area contributed by atoms with Crippen molar-refractivity contribution >= 4 is 44.3 Å². The fourth-order valence-corrected chi connectivity index (χ4v) is 5.20. The van der Waals surface area contributed by atoms with Crippen LogP contribution in [-0.2, 0) is 12.7 Å². The molecule has 0 aliphatic carbocycles. The number of pyridine rings is 1. The largest absolute Gasteiger partial charge is 0.433 e. The predicted molar refractivity (Wildman–Crippen MR) is 162 cm³/mol. The number of carbonyl (C=O) groups is 2. The topological polar surface area (TPSA) is 100 Å². The smallest absolute Gasteiger partial charge is 0.395 e. The minimum absolute atomic E-state index is 0.0506. The van der Waals surface area contributed by atoms with Crippen LogP contribution in [-0.4, -0.2) is 56.3 Å². The number of fused-ring (bicyclic) bond motifs is 1. The summed E-state index contributed by atoms with van der Waals surface area (Å²) in [6.45, 7) is 6.65. The average molecular weight is 661 g/mol. The lowest BCUT2D eigenvalue weighted by Gasteiger charge is -2.22. The molecule has 43 heavy (non-hydrogen) atoms. The Balaban J connectivity index is 1.54. The quantitative estimate of drug-likeness (QED) is 0.173. The van der Waals surface area contributed by atoms with Crippen LogP contribution in [0.15, 0.2) is 53.0 Å². The Hall–Kier alpha value is -3.77. The van der Waals surface area contributed by atoms with E-state index in [1.54, 1.807) is 47.7 Å². The summed E-state index contributed by atoms with van der Waals surface area (Å²) in [5.41, 5.74) is 1.64. The summed E-state index contributed by atoms with van der Waals surface area (Å²) >= 11 is 3.31. The number of carbonyl (C=O) groups excluding carboxylic acids is 2. The molecule has 0 aliphatic heterocycles. The van der Waals surface area contributed by atoms with E-state index < -0.39 is 17.8 Å². The number of nitrogens with zero attached hydrogens (tertiary/aromatic N) is 4. The number of anilines is 1. The summed E-state index contributed by atoms with van der Waals surface area (Å²) < 4.78 is 43.0. The Kier molecular flexibility index (Phi) is 10.2. The molecule has 0 saturated carbocycles. The van der Waals surface area contributed by atoms with Crippen molar-refractivity contribution in [2.75, 3.05) is 25.0 Å². The van der Waals surface area contributed by atoms with Gasteiger partial charge in [-0.25, -0.2) is 4.98 Å². The molecule has 12 heteroatoms. The maximum Gasteiger partial charge on any atom is 0.433 e. The monoisotopic (exact) mass is 659 g/mol. The maximum atomic E-state index is 13.6. The predicted octanol–water partition coefficient (Wildman–Crippen LogP) is 6.75. The molecule has 0 radical (unpaired) electrons. The number of hydrogen-bond acceptors (Lipinski definition) is 5. The number of aliphatic hydroxyl groups is 1. The van der Waals surface area contributed by atoms with E-state index in [2.05, 4.69) is 38.3 Å². The minimum Gasteiger partial charge on any atom is -0.395 e. The van der Waals surface area contributed by atoms with Gasteiger partial charge in [0, 0.05) is 28.5 Å². The number of alkyl halides is 3. The Bertz CT molecular complexity index is 1620. The summed E-state index contributed by atoms with van der Waals surface area (Å²) in [5.74, 6) is -0.854. The second kappa shape index (κ2) is 13.7. The zero-order valence-corrected chi connectivity index (χ0v) is 25.7. The number of rotatable bonds is 11. The highest BCUT2D eigenvalue weighted by Crippen LogP contribution is 2.33. The summed E-state index contributed by atoms with van der Waals surface area (Å²) in [7, 11) is 0. The number of nitrogens with one attached hydrogen (secondary N) is 1. The van der Waals surface area contributed by atoms with Crippen molar-refractivity contribution in [1.82, 2.24) is 19.7 Å². The molecule has 8 nitrogen and oxygen atoms in total. The number of halogens is 4.